The Kier molecular flexibility index (Phi) is 3.98. The summed E-state index contributed by atoms with van der Waals surface area (Å²) in [6, 6.07) is 9.54. The SMILES string of the molecule is CC(CCC(N)=O)Oc1ccccc1. The molecule has 0 aliphatic carbocycles. The fourth-order valence-electron chi connectivity index (χ4n) is 1.14. The van der Waals surface area contributed by atoms with E-state index in [9.17, 15) is 4.79 Å². The lowest BCUT2D eigenvalue weighted by Crippen LogP contribution is -2.17. The van der Waals surface area contributed by atoms with E-state index in [1.807, 2.05) is 37.3 Å². The van der Waals surface area contributed by atoms with Gasteiger partial charge in [0.1, 0.15) is 5.75 Å². The van der Waals surface area contributed by atoms with Crippen LogP contribution in [-0.2, 0) is 4.79 Å². The van der Waals surface area contributed by atoms with Gasteiger partial charge in [-0.1, -0.05) is 18.2 Å². The van der Waals surface area contributed by atoms with Gasteiger partial charge in [0, 0.05) is 6.42 Å². The van der Waals surface area contributed by atoms with Crippen molar-refractivity contribution in [3.05, 3.63) is 30.3 Å². The quantitative estimate of drug-likeness (QED) is 0.774. The number of ether oxygens (including phenoxy) is 1. The number of nitrogens with two attached hydrogens (primary N) is 1. The Bertz CT molecular complexity index is 285. The molecule has 3 nitrogen and oxygen atoms in total. The van der Waals surface area contributed by atoms with Crippen LogP contribution in [0.3, 0.4) is 0 Å². The summed E-state index contributed by atoms with van der Waals surface area (Å²) in [4.78, 5) is 10.5. The summed E-state index contributed by atoms with van der Waals surface area (Å²) in [5.74, 6) is 0.540. The highest BCUT2D eigenvalue weighted by Crippen LogP contribution is 2.12. The van der Waals surface area contributed by atoms with E-state index in [1.165, 1.54) is 0 Å². The van der Waals surface area contributed by atoms with Crippen molar-refractivity contribution in [2.75, 3.05) is 0 Å². The molecular formula is C11H15NO2. The van der Waals surface area contributed by atoms with Gasteiger partial charge in [-0.25, -0.2) is 0 Å². The minimum absolute atomic E-state index is 0.0184. The van der Waals surface area contributed by atoms with Crippen molar-refractivity contribution in [1.82, 2.24) is 0 Å². The summed E-state index contributed by atoms with van der Waals surface area (Å²) >= 11 is 0. The molecule has 0 saturated heterocycles. The van der Waals surface area contributed by atoms with E-state index in [4.69, 9.17) is 10.5 Å². The van der Waals surface area contributed by atoms with E-state index in [-0.39, 0.29) is 12.0 Å². The average molecular weight is 193 g/mol. The maximum absolute atomic E-state index is 10.5. The second kappa shape index (κ2) is 5.27. The van der Waals surface area contributed by atoms with Gasteiger partial charge in [0.15, 0.2) is 0 Å². The third-order valence-corrected chi connectivity index (χ3v) is 1.88. The first-order valence-electron chi connectivity index (χ1n) is 4.68. The van der Waals surface area contributed by atoms with E-state index in [1.54, 1.807) is 0 Å². The van der Waals surface area contributed by atoms with Crippen LogP contribution in [0.15, 0.2) is 30.3 Å². The van der Waals surface area contributed by atoms with Gasteiger partial charge >= 0.3 is 0 Å². The maximum Gasteiger partial charge on any atom is 0.217 e. The van der Waals surface area contributed by atoms with E-state index in [2.05, 4.69) is 0 Å². The van der Waals surface area contributed by atoms with E-state index in [0.717, 1.165) is 5.75 Å². The molecule has 0 spiro atoms. The van der Waals surface area contributed by atoms with Crippen LogP contribution in [0.5, 0.6) is 5.75 Å². The Hall–Kier alpha value is -1.51. The zero-order valence-electron chi connectivity index (χ0n) is 8.27. The molecule has 1 aromatic carbocycles. The van der Waals surface area contributed by atoms with Crippen LogP contribution < -0.4 is 10.5 Å². The lowest BCUT2D eigenvalue weighted by Gasteiger charge is -2.13. The minimum Gasteiger partial charge on any atom is -0.491 e. The van der Waals surface area contributed by atoms with Crippen molar-refractivity contribution in [1.29, 1.82) is 0 Å². The lowest BCUT2D eigenvalue weighted by molar-refractivity contribution is -0.118. The Morgan fingerprint density at radius 3 is 2.64 bits per heavy atom. The molecule has 0 radical (unpaired) electrons. The van der Waals surface area contributed by atoms with Gasteiger partial charge in [-0.2, -0.15) is 0 Å². The number of carbonyl (C=O) groups is 1. The van der Waals surface area contributed by atoms with Crippen LogP contribution in [-0.4, -0.2) is 12.0 Å². The molecule has 14 heavy (non-hydrogen) atoms. The second-order valence-corrected chi connectivity index (χ2v) is 3.25. The van der Waals surface area contributed by atoms with Crippen LogP contribution >= 0.6 is 0 Å². The molecule has 1 atom stereocenters. The molecule has 1 unspecified atom stereocenters. The molecule has 1 amide bonds. The van der Waals surface area contributed by atoms with Gasteiger partial charge < -0.3 is 10.5 Å². The zero-order chi connectivity index (χ0) is 10.4. The smallest absolute Gasteiger partial charge is 0.217 e. The van der Waals surface area contributed by atoms with Crippen LogP contribution in [0.4, 0.5) is 0 Å². The maximum atomic E-state index is 10.5. The van der Waals surface area contributed by atoms with Gasteiger partial charge in [0.05, 0.1) is 6.10 Å². The normalized spacial score (nSPS) is 12.1. The highest BCUT2D eigenvalue weighted by molar-refractivity contribution is 5.73. The fourth-order valence-corrected chi connectivity index (χ4v) is 1.14. The summed E-state index contributed by atoms with van der Waals surface area (Å²) in [6.45, 7) is 1.93. The van der Waals surface area contributed by atoms with Gasteiger partial charge in [-0.05, 0) is 25.5 Å². The van der Waals surface area contributed by atoms with Gasteiger partial charge in [0.2, 0.25) is 5.91 Å². The third kappa shape index (κ3) is 3.94. The number of hydrogen-bond acceptors (Lipinski definition) is 2. The van der Waals surface area contributed by atoms with Crippen LogP contribution in [0.25, 0.3) is 0 Å². The molecule has 1 aromatic rings. The number of carbonyl (C=O) groups excluding carboxylic acids is 1. The summed E-state index contributed by atoms with van der Waals surface area (Å²) in [5.41, 5.74) is 5.04. The van der Waals surface area contributed by atoms with E-state index in [0.29, 0.717) is 12.8 Å². The number of para-hydroxylation sites is 1. The Morgan fingerprint density at radius 1 is 1.43 bits per heavy atom. The molecular weight excluding hydrogens is 178 g/mol. The molecule has 0 aliphatic heterocycles. The largest absolute Gasteiger partial charge is 0.491 e. The average Bonchev–Trinajstić information content (AvgIpc) is 2.16. The first kappa shape index (κ1) is 10.6. The number of hydrogen-bond donors (Lipinski definition) is 1. The van der Waals surface area contributed by atoms with Crippen molar-refractivity contribution in [2.24, 2.45) is 5.73 Å². The van der Waals surface area contributed by atoms with Crippen molar-refractivity contribution in [3.63, 3.8) is 0 Å². The summed E-state index contributed by atoms with van der Waals surface area (Å²) in [6.07, 6.45) is 1.04. The van der Waals surface area contributed by atoms with E-state index < -0.39 is 0 Å². The molecule has 76 valence electrons. The van der Waals surface area contributed by atoms with E-state index >= 15 is 0 Å². The molecule has 0 heterocycles. The molecule has 2 N–H and O–H groups in total. The molecule has 0 fully saturated rings. The molecule has 1 rings (SSSR count). The Labute approximate surface area is 83.9 Å². The first-order valence-corrected chi connectivity index (χ1v) is 4.68. The summed E-state index contributed by atoms with van der Waals surface area (Å²) in [5, 5.41) is 0. The monoisotopic (exact) mass is 193 g/mol. The minimum atomic E-state index is -0.284. The molecule has 0 bridgehead atoms. The summed E-state index contributed by atoms with van der Waals surface area (Å²) in [7, 11) is 0. The number of primary amides is 1. The lowest BCUT2D eigenvalue weighted by atomic mass is 10.2. The predicted molar refractivity (Wildman–Crippen MR) is 55.0 cm³/mol. The van der Waals surface area contributed by atoms with Gasteiger partial charge in [-0.15, -0.1) is 0 Å². The number of rotatable bonds is 5. The van der Waals surface area contributed by atoms with Gasteiger partial charge in [-0.3, -0.25) is 4.79 Å². The zero-order valence-corrected chi connectivity index (χ0v) is 8.27. The van der Waals surface area contributed by atoms with Crippen LogP contribution in [0.1, 0.15) is 19.8 Å². The van der Waals surface area contributed by atoms with Gasteiger partial charge in [0.25, 0.3) is 0 Å². The second-order valence-electron chi connectivity index (χ2n) is 3.25. The standard InChI is InChI=1S/C11H15NO2/c1-9(7-8-11(12)13)14-10-5-3-2-4-6-10/h2-6,9H,7-8H2,1H3,(H2,12,13). The van der Waals surface area contributed by atoms with Crippen molar-refractivity contribution in [3.8, 4) is 5.75 Å². The van der Waals surface area contributed by atoms with Crippen molar-refractivity contribution < 1.29 is 9.53 Å². The highest BCUT2D eigenvalue weighted by atomic mass is 16.5. The molecule has 0 saturated carbocycles. The topological polar surface area (TPSA) is 52.3 Å². The number of amides is 1. The molecule has 0 aromatic heterocycles. The first-order chi connectivity index (χ1) is 6.68. The highest BCUT2D eigenvalue weighted by Gasteiger charge is 2.05. The fraction of sp³-hybridized carbons (Fsp3) is 0.364. The number of benzene rings is 1. The van der Waals surface area contributed by atoms with Crippen molar-refractivity contribution >= 4 is 5.91 Å². The van der Waals surface area contributed by atoms with Crippen LogP contribution in [0.2, 0.25) is 0 Å². The molecule has 0 aliphatic rings. The Balaban J connectivity index is 2.34. The predicted octanol–water partition coefficient (Wildman–Crippen LogP) is 1.72. The Morgan fingerprint density at radius 2 is 2.07 bits per heavy atom. The van der Waals surface area contributed by atoms with Crippen LogP contribution in [0, 0.1) is 0 Å². The third-order valence-electron chi connectivity index (χ3n) is 1.88. The summed E-state index contributed by atoms with van der Waals surface area (Å²) < 4.78 is 5.56. The molecule has 3 heteroatoms. The van der Waals surface area contributed by atoms with Crippen molar-refractivity contribution in [2.45, 2.75) is 25.9 Å².